The van der Waals surface area contributed by atoms with Crippen LogP contribution in [0.25, 0.3) is 0 Å². The molecule has 1 aromatic carbocycles. The molecule has 92 valence electrons. The van der Waals surface area contributed by atoms with E-state index >= 15 is 0 Å². The highest BCUT2D eigenvalue weighted by molar-refractivity contribution is 9.09. The molecule has 0 heterocycles. The van der Waals surface area contributed by atoms with Crippen LogP contribution in [-0.4, -0.2) is 23.3 Å². The van der Waals surface area contributed by atoms with Gasteiger partial charge in [-0.2, -0.15) is 0 Å². The number of amides is 1. The molecule has 0 radical (unpaired) electrons. The molecule has 1 N–H and O–H groups in total. The highest BCUT2D eigenvalue weighted by atomic mass is 79.9. The molecule has 0 fully saturated rings. The molecular formula is C12H14BrNO3. The van der Waals surface area contributed by atoms with Crippen LogP contribution in [0.1, 0.15) is 24.2 Å². The largest absolute Gasteiger partial charge is 0.447 e. The number of ether oxygens (including phenoxy) is 1. The summed E-state index contributed by atoms with van der Waals surface area (Å²) in [6.07, 6.45) is -0.663. The van der Waals surface area contributed by atoms with Gasteiger partial charge < -0.3 is 4.74 Å². The van der Waals surface area contributed by atoms with Gasteiger partial charge in [0.1, 0.15) is 0 Å². The Hall–Kier alpha value is -1.36. The maximum Gasteiger partial charge on any atom is 0.411 e. The summed E-state index contributed by atoms with van der Waals surface area (Å²) in [6, 6.07) is 6.65. The molecule has 0 atom stereocenters. The van der Waals surface area contributed by atoms with Gasteiger partial charge in [-0.25, -0.2) is 4.79 Å². The number of hydrogen-bond donors (Lipinski definition) is 1. The van der Waals surface area contributed by atoms with Gasteiger partial charge in [-0.3, -0.25) is 10.1 Å². The van der Waals surface area contributed by atoms with Gasteiger partial charge in [0.25, 0.3) is 0 Å². The molecule has 5 heteroatoms. The second-order valence-corrected chi connectivity index (χ2v) is 4.27. The molecule has 0 aliphatic heterocycles. The highest BCUT2D eigenvalue weighted by Crippen LogP contribution is 2.11. The third-order valence-electron chi connectivity index (χ3n) is 1.92. The molecule has 0 bridgehead atoms. The van der Waals surface area contributed by atoms with Crippen LogP contribution in [0.2, 0.25) is 0 Å². The summed E-state index contributed by atoms with van der Waals surface area (Å²) in [7, 11) is 0. The fraction of sp³-hybridized carbons (Fsp3) is 0.333. The number of halogens is 1. The van der Waals surface area contributed by atoms with Crippen molar-refractivity contribution in [1.29, 1.82) is 0 Å². The SMILES string of the molecule is CC(C)OC(=O)Nc1ccc(C(=O)CBr)cc1. The van der Waals surface area contributed by atoms with E-state index in [1.807, 2.05) is 0 Å². The van der Waals surface area contributed by atoms with Crippen molar-refractivity contribution in [3.05, 3.63) is 29.8 Å². The lowest BCUT2D eigenvalue weighted by atomic mass is 10.1. The molecule has 0 aliphatic carbocycles. The van der Waals surface area contributed by atoms with Crippen molar-refractivity contribution >= 4 is 33.5 Å². The van der Waals surface area contributed by atoms with Crippen molar-refractivity contribution in [3.63, 3.8) is 0 Å². The van der Waals surface area contributed by atoms with E-state index in [4.69, 9.17) is 4.74 Å². The van der Waals surface area contributed by atoms with Crippen molar-refractivity contribution in [2.45, 2.75) is 20.0 Å². The maximum atomic E-state index is 11.3. The third kappa shape index (κ3) is 4.56. The van der Waals surface area contributed by atoms with E-state index in [-0.39, 0.29) is 17.2 Å². The molecule has 1 rings (SSSR count). The highest BCUT2D eigenvalue weighted by Gasteiger charge is 2.07. The summed E-state index contributed by atoms with van der Waals surface area (Å²) in [6.45, 7) is 3.55. The van der Waals surface area contributed by atoms with E-state index < -0.39 is 6.09 Å². The van der Waals surface area contributed by atoms with Crippen LogP contribution in [0.3, 0.4) is 0 Å². The molecule has 0 saturated heterocycles. The Balaban J connectivity index is 2.62. The number of alkyl halides is 1. The average molecular weight is 300 g/mol. The molecular weight excluding hydrogens is 286 g/mol. The molecule has 4 nitrogen and oxygen atoms in total. The number of hydrogen-bond acceptors (Lipinski definition) is 3. The van der Waals surface area contributed by atoms with Crippen LogP contribution in [0.5, 0.6) is 0 Å². The fourth-order valence-corrected chi connectivity index (χ4v) is 1.50. The molecule has 0 spiro atoms. The van der Waals surface area contributed by atoms with Crippen LogP contribution in [0.4, 0.5) is 10.5 Å². The first-order valence-corrected chi connectivity index (χ1v) is 6.32. The van der Waals surface area contributed by atoms with E-state index in [9.17, 15) is 9.59 Å². The second-order valence-electron chi connectivity index (χ2n) is 3.71. The van der Waals surface area contributed by atoms with Crippen molar-refractivity contribution in [2.24, 2.45) is 0 Å². The first kappa shape index (κ1) is 13.7. The lowest BCUT2D eigenvalue weighted by Gasteiger charge is -2.09. The van der Waals surface area contributed by atoms with Gasteiger partial charge in [0, 0.05) is 11.3 Å². The molecule has 1 amide bonds. The van der Waals surface area contributed by atoms with Crippen molar-refractivity contribution in [1.82, 2.24) is 0 Å². The van der Waals surface area contributed by atoms with Gasteiger partial charge in [0.2, 0.25) is 0 Å². The van der Waals surface area contributed by atoms with Crippen LogP contribution in [-0.2, 0) is 4.74 Å². The maximum absolute atomic E-state index is 11.3. The minimum absolute atomic E-state index is 0.00121. The van der Waals surface area contributed by atoms with Gasteiger partial charge in [-0.05, 0) is 38.1 Å². The number of anilines is 1. The number of Topliss-reactive ketones (excluding diaryl/α,β-unsaturated/α-hetero) is 1. The van der Waals surface area contributed by atoms with Crippen LogP contribution < -0.4 is 5.32 Å². The smallest absolute Gasteiger partial charge is 0.411 e. The Morgan fingerprint density at radius 2 is 1.88 bits per heavy atom. The van der Waals surface area contributed by atoms with E-state index in [0.29, 0.717) is 11.3 Å². The molecule has 17 heavy (non-hydrogen) atoms. The van der Waals surface area contributed by atoms with Crippen molar-refractivity contribution in [2.75, 3.05) is 10.6 Å². The fourth-order valence-electron chi connectivity index (χ4n) is 1.18. The summed E-state index contributed by atoms with van der Waals surface area (Å²) in [5.74, 6) is 0.00121. The van der Waals surface area contributed by atoms with E-state index in [1.54, 1.807) is 38.1 Å². The molecule has 0 saturated carbocycles. The minimum atomic E-state index is -0.500. The van der Waals surface area contributed by atoms with Gasteiger partial charge in [-0.1, -0.05) is 15.9 Å². The predicted octanol–water partition coefficient (Wildman–Crippen LogP) is 3.22. The van der Waals surface area contributed by atoms with Crippen molar-refractivity contribution < 1.29 is 14.3 Å². The van der Waals surface area contributed by atoms with Gasteiger partial charge in [0.05, 0.1) is 11.4 Å². The quantitative estimate of drug-likeness (QED) is 0.686. The van der Waals surface area contributed by atoms with Crippen LogP contribution in [0.15, 0.2) is 24.3 Å². The summed E-state index contributed by atoms with van der Waals surface area (Å²) >= 11 is 3.10. The number of ketones is 1. The summed E-state index contributed by atoms with van der Waals surface area (Å²) in [5, 5.41) is 2.86. The van der Waals surface area contributed by atoms with E-state index in [0.717, 1.165) is 0 Å². The molecule has 0 aromatic heterocycles. The third-order valence-corrected chi connectivity index (χ3v) is 2.43. The molecule has 0 aliphatic rings. The molecule has 1 aromatic rings. The first-order chi connectivity index (χ1) is 8.02. The lowest BCUT2D eigenvalue weighted by Crippen LogP contribution is -2.17. The van der Waals surface area contributed by atoms with Gasteiger partial charge in [-0.15, -0.1) is 0 Å². The zero-order valence-corrected chi connectivity index (χ0v) is 11.3. The topological polar surface area (TPSA) is 55.4 Å². The van der Waals surface area contributed by atoms with Crippen LogP contribution >= 0.6 is 15.9 Å². The van der Waals surface area contributed by atoms with E-state index in [1.165, 1.54) is 0 Å². The van der Waals surface area contributed by atoms with Crippen LogP contribution in [0, 0.1) is 0 Å². The monoisotopic (exact) mass is 299 g/mol. The van der Waals surface area contributed by atoms with E-state index in [2.05, 4.69) is 21.2 Å². The number of nitrogens with one attached hydrogen (secondary N) is 1. The molecule has 0 unspecified atom stereocenters. The summed E-state index contributed by atoms with van der Waals surface area (Å²) < 4.78 is 4.93. The minimum Gasteiger partial charge on any atom is -0.447 e. The van der Waals surface area contributed by atoms with Crippen molar-refractivity contribution in [3.8, 4) is 0 Å². The summed E-state index contributed by atoms with van der Waals surface area (Å²) in [4.78, 5) is 22.6. The lowest BCUT2D eigenvalue weighted by molar-refractivity contribution is 0.102. The van der Waals surface area contributed by atoms with Gasteiger partial charge >= 0.3 is 6.09 Å². The Kier molecular flexibility index (Phi) is 5.15. The van der Waals surface area contributed by atoms with Gasteiger partial charge in [0.15, 0.2) is 5.78 Å². The first-order valence-electron chi connectivity index (χ1n) is 5.19. The Morgan fingerprint density at radius 3 is 2.35 bits per heavy atom. The zero-order valence-electron chi connectivity index (χ0n) is 9.70. The Bertz CT molecular complexity index is 401. The standard InChI is InChI=1S/C12H14BrNO3/c1-8(2)17-12(16)14-10-5-3-9(4-6-10)11(15)7-13/h3-6,8H,7H2,1-2H3,(H,14,16). The summed E-state index contributed by atoms with van der Waals surface area (Å²) in [5.41, 5.74) is 1.20. The number of rotatable bonds is 4. The normalized spacial score (nSPS) is 10.1. The second kappa shape index (κ2) is 6.39. The Morgan fingerprint density at radius 1 is 1.29 bits per heavy atom. The Labute approximate surface area is 108 Å². The number of benzene rings is 1. The zero-order chi connectivity index (χ0) is 12.8. The predicted molar refractivity (Wildman–Crippen MR) is 69.8 cm³/mol. The number of carbonyl (C=O) groups excluding carboxylic acids is 2. The average Bonchev–Trinajstić information content (AvgIpc) is 2.28. The number of carbonyl (C=O) groups is 2.